The van der Waals surface area contributed by atoms with Gasteiger partial charge in [-0.2, -0.15) is 0 Å². The standard InChI is InChI=1S/C7H4BrF2N3O3/c8-5-4(13(15)16)2(6(9)10)1-3(12-5)7(11)14/h1,6H,(H2,11,14). The molecule has 0 saturated carbocycles. The number of aromatic nitrogens is 1. The number of alkyl halides is 2. The Morgan fingerprint density at radius 3 is 2.56 bits per heavy atom. The molecular weight excluding hydrogens is 292 g/mol. The first-order valence-electron chi connectivity index (χ1n) is 3.77. The monoisotopic (exact) mass is 295 g/mol. The third-order valence-corrected chi connectivity index (χ3v) is 2.20. The number of hydrogen-bond donors (Lipinski definition) is 1. The van der Waals surface area contributed by atoms with E-state index in [-0.39, 0.29) is 0 Å². The zero-order valence-corrected chi connectivity index (χ0v) is 9.07. The Balaban J connectivity index is 3.51. The summed E-state index contributed by atoms with van der Waals surface area (Å²) in [6.07, 6.45) is -3.10. The number of nitrogens with two attached hydrogens (primary N) is 1. The molecule has 0 aliphatic carbocycles. The average molecular weight is 296 g/mol. The van der Waals surface area contributed by atoms with Gasteiger partial charge < -0.3 is 5.73 Å². The lowest BCUT2D eigenvalue weighted by molar-refractivity contribution is -0.387. The number of nitro groups is 1. The summed E-state index contributed by atoms with van der Waals surface area (Å²) in [5.74, 6) is -1.04. The second-order valence-electron chi connectivity index (χ2n) is 2.66. The number of pyridine rings is 1. The van der Waals surface area contributed by atoms with Gasteiger partial charge in [-0.1, -0.05) is 0 Å². The molecule has 0 aromatic carbocycles. The Morgan fingerprint density at radius 1 is 1.62 bits per heavy atom. The summed E-state index contributed by atoms with van der Waals surface area (Å²) in [6.45, 7) is 0. The lowest BCUT2D eigenvalue weighted by atomic mass is 10.2. The number of primary amides is 1. The molecule has 9 heteroatoms. The molecule has 1 aromatic heterocycles. The summed E-state index contributed by atoms with van der Waals surface area (Å²) >= 11 is 2.64. The summed E-state index contributed by atoms with van der Waals surface area (Å²) in [6, 6.07) is 0.607. The molecule has 0 unspecified atom stereocenters. The molecule has 0 bridgehead atoms. The van der Waals surface area contributed by atoms with Crippen LogP contribution in [0.4, 0.5) is 14.5 Å². The molecule has 1 amide bonds. The van der Waals surface area contributed by atoms with Gasteiger partial charge in [0.05, 0.1) is 4.92 Å². The predicted molar refractivity (Wildman–Crippen MR) is 52.1 cm³/mol. The summed E-state index contributed by atoms with van der Waals surface area (Å²) in [4.78, 5) is 23.6. The number of carbonyl (C=O) groups is 1. The summed E-state index contributed by atoms with van der Waals surface area (Å²) in [5, 5.41) is 10.5. The highest BCUT2D eigenvalue weighted by atomic mass is 79.9. The van der Waals surface area contributed by atoms with Gasteiger partial charge in [-0.05, 0) is 22.0 Å². The van der Waals surface area contributed by atoms with Crippen LogP contribution in [0.15, 0.2) is 10.7 Å². The van der Waals surface area contributed by atoms with Crippen LogP contribution >= 0.6 is 15.9 Å². The SMILES string of the molecule is NC(=O)c1cc(C(F)F)c([N+](=O)[O-])c(Br)n1. The second kappa shape index (κ2) is 4.47. The first-order chi connectivity index (χ1) is 7.34. The minimum Gasteiger partial charge on any atom is -0.364 e. The van der Waals surface area contributed by atoms with E-state index in [0.717, 1.165) is 0 Å². The van der Waals surface area contributed by atoms with Crippen molar-refractivity contribution in [3.63, 3.8) is 0 Å². The van der Waals surface area contributed by atoms with Crippen molar-refractivity contribution in [3.05, 3.63) is 32.0 Å². The normalized spacial score (nSPS) is 10.5. The molecule has 86 valence electrons. The van der Waals surface area contributed by atoms with Gasteiger partial charge in [-0.25, -0.2) is 13.8 Å². The van der Waals surface area contributed by atoms with Crippen molar-refractivity contribution >= 4 is 27.5 Å². The number of amides is 1. The molecule has 1 aromatic rings. The maximum atomic E-state index is 12.5. The van der Waals surface area contributed by atoms with Crippen molar-refractivity contribution in [2.45, 2.75) is 6.43 Å². The first kappa shape index (κ1) is 12.4. The molecule has 6 nitrogen and oxygen atoms in total. The molecule has 0 atom stereocenters. The predicted octanol–water partition coefficient (Wildman–Crippen LogP) is 1.79. The van der Waals surface area contributed by atoms with Crippen molar-refractivity contribution in [2.24, 2.45) is 5.73 Å². The van der Waals surface area contributed by atoms with Crippen LogP contribution < -0.4 is 5.73 Å². The van der Waals surface area contributed by atoms with Gasteiger partial charge in [-0.15, -0.1) is 0 Å². The van der Waals surface area contributed by atoms with E-state index < -0.39 is 38.8 Å². The molecule has 0 aliphatic heterocycles. The van der Waals surface area contributed by atoms with Crippen LogP contribution in [0.2, 0.25) is 0 Å². The number of halogens is 3. The summed E-state index contributed by atoms with van der Waals surface area (Å²) < 4.78 is 24.6. The fourth-order valence-electron chi connectivity index (χ4n) is 0.999. The fraction of sp³-hybridized carbons (Fsp3) is 0.143. The van der Waals surface area contributed by atoms with E-state index in [1.54, 1.807) is 0 Å². The Bertz CT molecular complexity index is 466. The lowest BCUT2D eigenvalue weighted by Crippen LogP contribution is -2.14. The average Bonchev–Trinajstić information content (AvgIpc) is 2.15. The van der Waals surface area contributed by atoms with Crippen molar-refractivity contribution < 1.29 is 18.5 Å². The zero-order chi connectivity index (χ0) is 12.5. The third-order valence-electron chi connectivity index (χ3n) is 1.65. The van der Waals surface area contributed by atoms with Gasteiger partial charge in [-0.3, -0.25) is 14.9 Å². The molecule has 1 rings (SSSR count). The highest BCUT2D eigenvalue weighted by molar-refractivity contribution is 9.10. The maximum absolute atomic E-state index is 12.5. The number of carbonyl (C=O) groups excluding carboxylic acids is 1. The Morgan fingerprint density at radius 2 is 2.19 bits per heavy atom. The van der Waals surface area contributed by atoms with Gasteiger partial charge >= 0.3 is 5.69 Å². The second-order valence-corrected chi connectivity index (χ2v) is 3.41. The maximum Gasteiger partial charge on any atom is 0.310 e. The van der Waals surface area contributed by atoms with E-state index in [9.17, 15) is 23.7 Å². The Labute approximate surface area is 95.7 Å². The van der Waals surface area contributed by atoms with Crippen molar-refractivity contribution in [1.82, 2.24) is 4.98 Å². The van der Waals surface area contributed by atoms with Crippen LogP contribution in [0.25, 0.3) is 0 Å². The van der Waals surface area contributed by atoms with Gasteiger partial charge in [0.2, 0.25) is 0 Å². The topological polar surface area (TPSA) is 99.1 Å². The van der Waals surface area contributed by atoms with E-state index in [4.69, 9.17) is 5.73 Å². The Hall–Kier alpha value is -1.64. The first-order valence-corrected chi connectivity index (χ1v) is 4.56. The zero-order valence-electron chi connectivity index (χ0n) is 7.49. The number of rotatable bonds is 3. The number of hydrogen-bond acceptors (Lipinski definition) is 4. The lowest BCUT2D eigenvalue weighted by Gasteiger charge is -2.04. The molecule has 16 heavy (non-hydrogen) atoms. The number of nitrogens with zero attached hydrogens (tertiary/aromatic N) is 2. The van der Waals surface area contributed by atoms with E-state index in [1.807, 2.05) is 0 Å². The molecule has 0 spiro atoms. The van der Waals surface area contributed by atoms with Crippen LogP contribution in [0.1, 0.15) is 22.5 Å². The molecule has 0 saturated heterocycles. The molecule has 2 N–H and O–H groups in total. The minimum absolute atomic E-state index is 0.455. The van der Waals surface area contributed by atoms with Crippen LogP contribution in [0, 0.1) is 10.1 Å². The molecule has 0 fully saturated rings. The molecular formula is C7H4BrF2N3O3. The van der Waals surface area contributed by atoms with Gasteiger partial charge in [0.15, 0.2) is 4.60 Å². The third kappa shape index (κ3) is 2.30. The van der Waals surface area contributed by atoms with Crippen molar-refractivity contribution in [1.29, 1.82) is 0 Å². The van der Waals surface area contributed by atoms with Crippen LogP contribution in [0.3, 0.4) is 0 Å². The van der Waals surface area contributed by atoms with E-state index in [1.165, 1.54) is 0 Å². The van der Waals surface area contributed by atoms with Gasteiger partial charge in [0, 0.05) is 0 Å². The highest BCUT2D eigenvalue weighted by Crippen LogP contribution is 2.34. The molecule has 0 aliphatic rings. The largest absolute Gasteiger partial charge is 0.364 e. The quantitative estimate of drug-likeness (QED) is 0.522. The summed E-state index contributed by atoms with van der Waals surface area (Å²) in [7, 11) is 0. The van der Waals surface area contributed by atoms with Crippen LogP contribution in [-0.4, -0.2) is 15.8 Å². The molecule has 1 heterocycles. The van der Waals surface area contributed by atoms with E-state index >= 15 is 0 Å². The van der Waals surface area contributed by atoms with Crippen LogP contribution in [0.5, 0.6) is 0 Å². The van der Waals surface area contributed by atoms with Crippen molar-refractivity contribution in [3.8, 4) is 0 Å². The Kier molecular flexibility index (Phi) is 3.48. The van der Waals surface area contributed by atoms with Gasteiger partial charge in [0.25, 0.3) is 12.3 Å². The summed E-state index contributed by atoms with van der Waals surface area (Å²) in [5.41, 5.74) is 2.60. The van der Waals surface area contributed by atoms with E-state index in [0.29, 0.717) is 6.07 Å². The smallest absolute Gasteiger partial charge is 0.310 e. The molecule has 0 radical (unpaired) electrons. The van der Waals surface area contributed by atoms with Crippen LogP contribution in [-0.2, 0) is 0 Å². The van der Waals surface area contributed by atoms with E-state index in [2.05, 4.69) is 20.9 Å². The van der Waals surface area contributed by atoms with Crippen molar-refractivity contribution in [2.75, 3.05) is 0 Å². The highest BCUT2D eigenvalue weighted by Gasteiger charge is 2.28. The van der Waals surface area contributed by atoms with Gasteiger partial charge in [0.1, 0.15) is 11.3 Å². The minimum atomic E-state index is -3.10. The fourth-order valence-corrected chi connectivity index (χ4v) is 1.56.